The standard InChI is InChI=1S/C16H16FNO2/c1-20-15-9-5-2-6-12(15)10-11-16(19)18-14-8-4-3-7-13(14)17/h2-9H,10-11H2,1H3,(H,18,19). The highest BCUT2D eigenvalue weighted by atomic mass is 19.1. The van der Waals surface area contributed by atoms with E-state index in [1.807, 2.05) is 24.3 Å². The summed E-state index contributed by atoms with van der Waals surface area (Å²) < 4.78 is 18.6. The Morgan fingerprint density at radius 3 is 2.60 bits per heavy atom. The van der Waals surface area contributed by atoms with Crippen LogP contribution in [0.3, 0.4) is 0 Å². The van der Waals surface area contributed by atoms with Crippen molar-refractivity contribution in [2.24, 2.45) is 0 Å². The molecule has 0 aliphatic heterocycles. The Kier molecular flexibility index (Phi) is 4.71. The molecule has 0 aliphatic carbocycles. The first kappa shape index (κ1) is 14.1. The van der Waals surface area contributed by atoms with Gasteiger partial charge in [-0.05, 0) is 30.2 Å². The van der Waals surface area contributed by atoms with Gasteiger partial charge in [0.1, 0.15) is 11.6 Å². The first-order valence-electron chi connectivity index (χ1n) is 6.37. The van der Waals surface area contributed by atoms with Gasteiger partial charge < -0.3 is 10.1 Å². The van der Waals surface area contributed by atoms with E-state index in [0.717, 1.165) is 11.3 Å². The summed E-state index contributed by atoms with van der Waals surface area (Å²) in [6.45, 7) is 0. The summed E-state index contributed by atoms with van der Waals surface area (Å²) >= 11 is 0. The number of nitrogens with one attached hydrogen (secondary N) is 1. The second-order valence-electron chi connectivity index (χ2n) is 4.34. The maximum Gasteiger partial charge on any atom is 0.224 e. The molecule has 0 spiro atoms. The number of carbonyl (C=O) groups is 1. The highest BCUT2D eigenvalue weighted by molar-refractivity contribution is 5.90. The Balaban J connectivity index is 1.94. The summed E-state index contributed by atoms with van der Waals surface area (Å²) in [6, 6.07) is 13.7. The zero-order chi connectivity index (χ0) is 14.4. The number of carbonyl (C=O) groups excluding carboxylic acids is 1. The number of benzene rings is 2. The zero-order valence-corrected chi connectivity index (χ0v) is 11.2. The highest BCUT2D eigenvalue weighted by Gasteiger charge is 2.08. The SMILES string of the molecule is COc1ccccc1CCC(=O)Nc1ccccc1F. The number of methoxy groups -OCH3 is 1. The fourth-order valence-corrected chi connectivity index (χ4v) is 1.93. The lowest BCUT2D eigenvalue weighted by Crippen LogP contribution is -2.13. The van der Waals surface area contributed by atoms with E-state index in [0.29, 0.717) is 6.42 Å². The van der Waals surface area contributed by atoms with Gasteiger partial charge in [-0.25, -0.2) is 4.39 Å². The third kappa shape index (κ3) is 3.57. The van der Waals surface area contributed by atoms with E-state index in [4.69, 9.17) is 4.74 Å². The van der Waals surface area contributed by atoms with Crippen molar-refractivity contribution in [3.05, 3.63) is 59.9 Å². The minimum absolute atomic E-state index is 0.206. The molecule has 1 amide bonds. The van der Waals surface area contributed by atoms with Gasteiger partial charge in [0.25, 0.3) is 0 Å². The van der Waals surface area contributed by atoms with E-state index in [9.17, 15) is 9.18 Å². The highest BCUT2D eigenvalue weighted by Crippen LogP contribution is 2.19. The number of halogens is 1. The fraction of sp³-hybridized carbons (Fsp3) is 0.188. The Labute approximate surface area is 117 Å². The van der Waals surface area contributed by atoms with Gasteiger partial charge in [-0.15, -0.1) is 0 Å². The van der Waals surface area contributed by atoms with E-state index in [1.54, 1.807) is 19.2 Å². The van der Waals surface area contributed by atoms with Crippen LogP contribution in [-0.4, -0.2) is 13.0 Å². The molecule has 0 aromatic heterocycles. The molecule has 0 heterocycles. The van der Waals surface area contributed by atoms with Gasteiger partial charge in [0.05, 0.1) is 12.8 Å². The molecule has 2 aromatic carbocycles. The molecule has 20 heavy (non-hydrogen) atoms. The predicted molar refractivity (Wildman–Crippen MR) is 76.3 cm³/mol. The van der Waals surface area contributed by atoms with Gasteiger partial charge in [0.2, 0.25) is 5.91 Å². The molecular formula is C16H16FNO2. The topological polar surface area (TPSA) is 38.3 Å². The largest absolute Gasteiger partial charge is 0.496 e. The molecule has 4 heteroatoms. The average molecular weight is 273 g/mol. The molecular weight excluding hydrogens is 257 g/mol. The number of aryl methyl sites for hydroxylation is 1. The summed E-state index contributed by atoms with van der Waals surface area (Å²) in [5.41, 5.74) is 1.16. The molecule has 0 bridgehead atoms. The summed E-state index contributed by atoms with van der Waals surface area (Å²) in [5.74, 6) is 0.102. The van der Waals surface area contributed by atoms with Crippen LogP contribution < -0.4 is 10.1 Å². The average Bonchev–Trinajstić information content (AvgIpc) is 2.48. The van der Waals surface area contributed by atoms with Crippen LogP contribution in [0, 0.1) is 5.82 Å². The van der Waals surface area contributed by atoms with E-state index in [1.165, 1.54) is 12.1 Å². The summed E-state index contributed by atoms with van der Waals surface area (Å²) in [5, 5.41) is 2.56. The van der Waals surface area contributed by atoms with Gasteiger partial charge in [0, 0.05) is 6.42 Å². The summed E-state index contributed by atoms with van der Waals surface area (Å²) in [4.78, 5) is 11.8. The zero-order valence-electron chi connectivity index (χ0n) is 11.2. The number of anilines is 1. The van der Waals surface area contributed by atoms with Crippen LogP contribution in [-0.2, 0) is 11.2 Å². The third-order valence-electron chi connectivity index (χ3n) is 2.96. The Bertz CT molecular complexity index is 599. The van der Waals surface area contributed by atoms with Crippen molar-refractivity contribution in [2.75, 3.05) is 12.4 Å². The van der Waals surface area contributed by atoms with Gasteiger partial charge in [-0.1, -0.05) is 30.3 Å². The minimum atomic E-state index is -0.432. The second-order valence-corrected chi connectivity index (χ2v) is 4.34. The molecule has 0 atom stereocenters. The Morgan fingerprint density at radius 1 is 1.15 bits per heavy atom. The van der Waals surface area contributed by atoms with Crippen LogP contribution in [0.2, 0.25) is 0 Å². The summed E-state index contributed by atoms with van der Waals surface area (Å²) in [6.07, 6.45) is 0.818. The molecule has 0 saturated carbocycles. The number of hydrogen-bond acceptors (Lipinski definition) is 2. The number of ether oxygens (including phenoxy) is 1. The quantitative estimate of drug-likeness (QED) is 0.906. The molecule has 3 nitrogen and oxygen atoms in total. The van der Waals surface area contributed by atoms with E-state index in [2.05, 4.69) is 5.32 Å². The number of amides is 1. The van der Waals surface area contributed by atoms with E-state index < -0.39 is 5.82 Å². The van der Waals surface area contributed by atoms with Crippen molar-refractivity contribution in [3.63, 3.8) is 0 Å². The maximum absolute atomic E-state index is 13.4. The van der Waals surface area contributed by atoms with Crippen molar-refractivity contribution < 1.29 is 13.9 Å². The number of rotatable bonds is 5. The van der Waals surface area contributed by atoms with Gasteiger partial charge in [0.15, 0.2) is 0 Å². The Morgan fingerprint density at radius 2 is 1.85 bits per heavy atom. The van der Waals surface area contributed by atoms with E-state index >= 15 is 0 Å². The monoisotopic (exact) mass is 273 g/mol. The number of hydrogen-bond donors (Lipinski definition) is 1. The fourth-order valence-electron chi connectivity index (χ4n) is 1.93. The molecule has 2 rings (SSSR count). The predicted octanol–water partition coefficient (Wildman–Crippen LogP) is 3.41. The van der Waals surface area contributed by atoms with Crippen molar-refractivity contribution in [1.82, 2.24) is 0 Å². The first-order chi connectivity index (χ1) is 9.70. The molecule has 1 N–H and O–H groups in total. The molecule has 0 radical (unpaired) electrons. The van der Waals surface area contributed by atoms with Crippen molar-refractivity contribution in [2.45, 2.75) is 12.8 Å². The third-order valence-corrected chi connectivity index (χ3v) is 2.96. The van der Waals surface area contributed by atoms with Crippen molar-refractivity contribution >= 4 is 11.6 Å². The number of para-hydroxylation sites is 2. The minimum Gasteiger partial charge on any atom is -0.496 e. The Hall–Kier alpha value is -2.36. The first-order valence-corrected chi connectivity index (χ1v) is 6.37. The lowest BCUT2D eigenvalue weighted by Gasteiger charge is -2.09. The molecule has 0 aliphatic rings. The van der Waals surface area contributed by atoms with Gasteiger partial charge in [-0.3, -0.25) is 4.79 Å². The van der Waals surface area contributed by atoms with Crippen molar-refractivity contribution in [1.29, 1.82) is 0 Å². The van der Waals surface area contributed by atoms with E-state index in [-0.39, 0.29) is 18.0 Å². The van der Waals surface area contributed by atoms with Gasteiger partial charge in [-0.2, -0.15) is 0 Å². The molecule has 104 valence electrons. The van der Waals surface area contributed by atoms with Gasteiger partial charge >= 0.3 is 0 Å². The van der Waals surface area contributed by atoms with Crippen LogP contribution >= 0.6 is 0 Å². The normalized spacial score (nSPS) is 10.1. The van der Waals surface area contributed by atoms with Crippen LogP contribution in [0.4, 0.5) is 10.1 Å². The van der Waals surface area contributed by atoms with Crippen LogP contribution in [0.25, 0.3) is 0 Å². The van der Waals surface area contributed by atoms with Crippen molar-refractivity contribution in [3.8, 4) is 5.75 Å². The smallest absolute Gasteiger partial charge is 0.224 e. The second kappa shape index (κ2) is 6.70. The lowest BCUT2D eigenvalue weighted by molar-refractivity contribution is -0.116. The van der Waals surface area contributed by atoms with Crippen LogP contribution in [0.1, 0.15) is 12.0 Å². The lowest BCUT2D eigenvalue weighted by atomic mass is 10.1. The molecule has 2 aromatic rings. The molecule has 0 saturated heterocycles. The summed E-state index contributed by atoms with van der Waals surface area (Å²) in [7, 11) is 1.60. The maximum atomic E-state index is 13.4. The van der Waals surface area contributed by atoms with Crippen LogP contribution in [0.15, 0.2) is 48.5 Å². The molecule has 0 unspecified atom stereocenters. The molecule has 0 fully saturated rings. The van der Waals surface area contributed by atoms with Crippen LogP contribution in [0.5, 0.6) is 5.75 Å².